The second-order valence-corrected chi connectivity index (χ2v) is 7.18. The van der Waals surface area contributed by atoms with Crippen LogP contribution in [-0.4, -0.2) is 23.3 Å². The van der Waals surface area contributed by atoms with E-state index in [1.54, 1.807) is 7.11 Å². The molecule has 0 aliphatic rings. The third-order valence-electron chi connectivity index (χ3n) is 5.05. The van der Waals surface area contributed by atoms with Crippen molar-refractivity contribution in [3.8, 4) is 22.9 Å². The Bertz CT molecular complexity index is 1080. The average molecular weight is 386 g/mol. The van der Waals surface area contributed by atoms with Gasteiger partial charge in [0.2, 0.25) is 0 Å². The Hall–Kier alpha value is -3.27. The largest absolute Gasteiger partial charge is 0.497 e. The van der Waals surface area contributed by atoms with Crippen LogP contribution in [0, 0.1) is 6.92 Å². The fourth-order valence-corrected chi connectivity index (χ4v) is 3.48. The van der Waals surface area contributed by atoms with E-state index in [1.807, 2.05) is 36.4 Å². The van der Waals surface area contributed by atoms with Crippen LogP contribution < -0.4 is 9.47 Å². The zero-order valence-electron chi connectivity index (χ0n) is 17.0. The first-order valence-electron chi connectivity index (χ1n) is 10.0. The van der Waals surface area contributed by atoms with Crippen molar-refractivity contribution < 1.29 is 9.47 Å². The van der Waals surface area contributed by atoms with Gasteiger partial charge in [-0.1, -0.05) is 42.0 Å². The van der Waals surface area contributed by atoms with Crippen LogP contribution in [0.5, 0.6) is 11.5 Å². The van der Waals surface area contributed by atoms with Gasteiger partial charge in [-0.25, -0.2) is 4.98 Å². The van der Waals surface area contributed by atoms with E-state index >= 15 is 0 Å². The standard InChI is InChI=1S/C25H26N2O2/c1-19-12-14-21(15-13-19)29-17-6-5-16-27-24-11-4-3-10-23(24)26-25(27)20-8-7-9-22(18-20)28-2/h3-4,7-15,18H,5-6,16-17H2,1-2H3. The van der Waals surface area contributed by atoms with Crippen LogP contribution in [0.3, 0.4) is 0 Å². The number of fused-ring (bicyclic) bond motifs is 1. The molecule has 0 aliphatic carbocycles. The smallest absolute Gasteiger partial charge is 0.141 e. The molecule has 0 atom stereocenters. The summed E-state index contributed by atoms with van der Waals surface area (Å²) in [4.78, 5) is 4.89. The first kappa shape index (κ1) is 19.1. The van der Waals surface area contributed by atoms with Crippen molar-refractivity contribution in [2.75, 3.05) is 13.7 Å². The van der Waals surface area contributed by atoms with Gasteiger partial charge in [-0.05, 0) is 56.2 Å². The number of aryl methyl sites for hydroxylation is 2. The molecule has 1 aromatic heterocycles. The molecule has 0 spiro atoms. The van der Waals surface area contributed by atoms with Gasteiger partial charge in [0.1, 0.15) is 17.3 Å². The molecule has 1 heterocycles. The number of aromatic nitrogens is 2. The maximum absolute atomic E-state index is 5.87. The van der Waals surface area contributed by atoms with Gasteiger partial charge < -0.3 is 14.0 Å². The third-order valence-corrected chi connectivity index (χ3v) is 5.05. The Balaban J connectivity index is 1.48. The summed E-state index contributed by atoms with van der Waals surface area (Å²) in [6, 6.07) is 24.6. The predicted molar refractivity (Wildman–Crippen MR) is 118 cm³/mol. The molecule has 0 N–H and O–H groups in total. The van der Waals surface area contributed by atoms with Gasteiger partial charge in [-0.3, -0.25) is 0 Å². The van der Waals surface area contributed by atoms with Gasteiger partial charge in [0.15, 0.2) is 0 Å². The van der Waals surface area contributed by atoms with Crippen molar-refractivity contribution in [3.05, 3.63) is 78.4 Å². The minimum Gasteiger partial charge on any atom is -0.497 e. The Morgan fingerprint density at radius 1 is 0.862 bits per heavy atom. The number of hydrogen-bond donors (Lipinski definition) is 0. The predicted octanol–water partition coefficient (Wildman–Crippen LogP) is 5.88. The van der Waals surface area contributed by atoms with Crippen molar-refractivity contribution in [3.63, 3.8) is 0 Å². The Labute approximate surface area is 171 Å². The lowest BCUT2D eigenvalue weighted by Crippen LogP contribution is -2.04. The molecule has 0 bridgehead atoms. The fraction of sp³-hybridized carbons (Fsp3) is 0.240. The molecule has 4 heteroatoms. The van der Waals surface area contributed by atoms with Crippen LogP contribution >= 0.6 is 0 Å². The van der Waals surface area contributed by atoms with E-state index < -0.39 is 0 Å². The van der Waals surface area contributed by atoms with Gasteiger partial charge in [0.05, 0.1) is 24.8 Å². The van der Waals surface area contributed by atoms with Gasteiger partial charge in [-0.15, -0.1) is 0 Å². The summed E-state index contributed by atoms with van der Waals surface area (Å²) >= 11 is 0. The summed E-state index contributed by atoms with van der Waals surface area (Å²) in [7, 11) is 1.69. The summed E-state index contributed by atoms with van der Waals surface area (Å²) in [6.07, 6.45) is 2.00. The van der Waals surface area contributed by atoms with E-state index in [0.29, 0.717) is 6.61 Å². The Morgan fingerprint density at radius 2 is 1.69 bits per heavy atom. The van der Waals surface area contributed by atoms with Gasteiger partial charge in [0, 0.05) is 12.1 Å². The summed E-state index contributed by atoms with van der Waals surface area (Å²) in [5.74, 6) is 2.75. The van der Waals surface area contributed by atoms with Gasteiger partial charge in [-0.2, -0.15) is 0 Å². The number of benzene rings is 3. The number of nitrogens with zero attached hydrogens (tertiary/aromatic N) is 2. The van der Waals surface area contributed by atoms with E-state index in [0.717, 1.165) is 53.3 Å². The zero-order chi connectivity index (χ0) is 20.1. The maximum atomic E-state index is 5.87. The number of unbranched alkanes of at least 4 members (excludes halogenated alkanes) is 1. The normalized spacial score (nSPS) is 11.0. The van der Waals surface area contributed by atoms with Crippen LogP contribution in [0.15, 0.2) is 72.8 Å². The zero-order valence-corrected chi connectivity index (χ0v) is 17.0. The molecule has 0 saturated heterocycles. The Morgan fingerprint density at radius 3 is 2.52 bits per heavy atom. The minimum absolute atomic E-state index is 0.712. The molecule has 4 nitrogen and oxygen atoms in total. The van der Waals surface area contributed by atoms with Crippen LogP contribution in [0.1, 0.15) is 18.4 Å². The first-order valence-corrected chi connectivity index (χ1v) is 10.0. The quantitative estimate of drug-likeness (QED) is 0.355. The molecule has 4 rings (SSSR count). The molecule has 3 aromatic carbocycles. The summed E-state index contributed by atoms with van der Waals surface area (Å²) in [6.45, 7) is 3.69. The number of imidazole rings is 1. The van der Waals surface area contributed by atoms with Crippen molar-refractivity contribution in [2.45, 2.75) is 26.3 Å². The summed E-state index contributed by atoms with van der Waals surface area (Å²) in [5.41, 5.74) is 4.48. The molecule has 0 radical (unpaired) electrons. The van der Waals surface area contributed by atoms with Gasteiger partial charge >= 0.3 is 0 Å². The molecule has 0 unspecified atom stereocenters. The highest BCUT2D eigenvalue weighted by molar-refractivity contribution is 5.80. The van der Waals surface area contributed by atoms with Gasteiger partial charge in [0.25, 0.3) is 0 Å². The van der Waals surface area contributed by atoms with Crippen molar-refractivity contribution in [2.24, 2.45) is 0 Å². The second kappa shape index (κ2) is 8.82. The van der Waals surface area contributed by atoms with Crippen LogP contribution in [0.2, 0.25) is 0 Å². The fourth-order valence-electron chi connectivity index (χ4n) is 3.48. The molecule has 29 heavy (non-hydrogen) atoms. The maximum Gasteiger partial charge on any atom is 0.141 e. The van der Waals surface area contributed by atoms with E-state index in [4.69, 9.17) is 14.5 Å². The molecular formula is C25H26N2O2. The number of rotatable bonds is 8. The van der Waals surface area contributed by atoms with E-state index in [-0.39, 0.29) is 0 Å². The van der Waals surface area contributed by atoms with Crippen molar-refractivity contribution in [1.82, 2.24) is 9.55 Å². The minimum atomic E-state index is 0.712. The molecule has 0 saturated carbocycles. The molecule has 0 aliphatic heterocycles. The second-order valence-electron chi connectivity index (χ2n) is 7.18. The number of para-hydroxylation sites is 2. The number of ether oxygens (including phenoxy) is 2. The van der Waals surface area contributed by atoms with Crippen molar-refractivity contribution >= 4 is 11.0 Å². The SMILES string of the molecule is COc1cccc(-c2nc3ccccc3n2CCCCOc2ccc(C)cc2)c1. The number of hydrogen-bond acceptors (Lipinski definition) is 3. The third kappa shape index (κ3) is 4.43. The highest BCUT2D eigenvalue weighted by Gasteiger charge is 2.12. The lowest BCUT2D eigenvalue weighted by Gasteiger charge is -2.11. The average Bonchev–Trinajstić information content (AvgIpc) is 3.13. The van der Waals surface area contributed by atoms with E-state index in [2.05, 4.69) is 47.9 Å². The molecule has 0 fully saturated rings. The van der Waals surface area contributed by atoms with Crippen LogP contribution in [-0.2, 0) is 6.54 Å². The highest BCUT2D eigenvalue weighted by Crippen LogP contribution is 2.27. The monoisotopic (exact) mass is 386 g/mol. The van der Waals surface area contributed by atoms with Crippen LogP contribution in [0.4, 0.5) is 0 Å². The molecule has 0 amide bonds. The first-order chi connectivity index (χ1) is 14.2. The topological polar surface area (TPSA) is 36.3 Å². The summed E-state index contributed by atoms with van der Waals surface area (Å²) < 4.78 is 13.6. The van der Waals surface area contributed by atoms with Crippen molar-refractivity contribution in [1.29, 1.82) is 0 Å². The lowest BCUT2D eigenvalue weighted by atomic mass is 10.2. The highest BCUT2D eigenvalue weighted by atomic mass is 16.5. The molecule has 148 valence electrons. The summed E-state index contributed by atoms with van der Waals surface area (Å²) in [5, 5.41) is 0. The van der Waals surface area contributed by atoms with E-state index in [1.165, 1.54) is 5.56 Å². The van der Waals surface area contributed by atoms with Crippen LogP contribution in [0.25, 0.3) is 22.4 Å². The number of methoxy groups -OCH3 is 1. The Kier molecular flexibility index (Phi) is 5.80. The molecule has 4 aromatic rings. The molecular weight excluding hydrogens is 360 g/mol. The lowest BCUT2D eigenvalue weighted by molar-refractivity contribution is 0.303. The van der Waals surface area contributed by atoms with E-state index in [9.17, 15) is 0 Å².